The van der Waals surface area contributed by atoms with Crippen molar-refractivity contribution in [2.75, 3.05) is 0 Å². The Labute approximate surface area is 118 Å². The molecule has 2 nitrogen and oxygen atoms in total. The van der Waals surface area contributed by atoms with E-state index in [9.17, 15) is 0 Å². The second-order valence-corrected chi connectivity index (χ2v) is 6.93. The number of benzene rings is 1. The van der Waals surface area contributed by atoms with E-state index in [2.05, 4.69) is 39.1 Å². The minimum absolute atomic E-state index is 0.167. The van der Waals surface area contributed by atoms with Gasteiger partial charge in [-0.1, -0.05) is 27.7 Å². The van der Waals surface area contributed by atoms with Gasteiger partial charge in [-0.2, -0.15) is 0 Å². The van der Waals surface area contributed by atoms with Crippen LogP contribution in [0, 0.1) is 0 Å². The molecule has 0 saturated carbocycles. The highest BCUT2D eigenvalue weighted by Crippen LogP contribution is 2.33. The zero-order valence-corrected chi connectivity index (χ0v) is 12.6. The van der Waals surface area contributed by atoms with Crippen LogP contribution in [-0.2, 0) is 6.42 Å². The smallest absolute Gasteiger partial charge is 0.154 e. The van der Waals surface area contributed by atoms with E-state index in [0.29, 0.717) is 0 Å². The topological polar surface area (TPSA) is 38.9 Å². The maximum Gasteiger partial charge on any atom is 0.154 e. The number of aromatic nitrogens is 1. The maximum atomic E-state index is 5.88. The zero-order chi connectivity index (χ0) is 12.3. The number of nitrogens with zero attached hydrogens (tertiary/aromatic N) is 1. The first-order chi connectivity index (χ1) is 8.15. The highest BCUT2D eigenvalue weighted by Gasteiger charge is 2.08. The normalized spacial score (nSPS) is 12.6. The molecular formula is C12H13BrN2S2. The van der Waals surface area contributed by atoms with Gasteiger partial charge >= 0.3 is 0 Å². The molecule has 1 heterocycles. The first-order valence-electron chi connectivity index (χ1n) is 5.26. The molecule has 0 aliphatic heterocycles. The summed E-state index contributed by atoms with van der Waals surface area (Å²) in [7, 11) is 0. The third kappa shape index (κ3) is 3.81. The lowest BCUT2D eigenvalue weighted by atomic mass is 10.1. The fraction of sp³-hybridized carbons (Fsp3) is 0.250. The molecule has 2 aromatic rings. The van der Waals surface area contributed by atoms with E-state index in [4.69, 9.17) is 5.73 Å². The molecule has 17 heavy (non-hydrogen) atoms. The van der Waals surface area contributed by atoms with Gasteiger partial charge in [-0.05, 0) is 37.1 Å². The van der Waals surface area contributed by atoms with E-state index < -0.39 is 0 Å². The molecule has 1 aromatic heterocycles. The summed E-state index contributed by atoms with van der Waals surface area (Å²) in [6, 6.07) is 6.48. The number of halogens is 1. The van der Waals surface area contributed by atoms with Crippen molar-refractivity contribution in [3.63, 3.8) is 0 Å². The van der Waals surface area contributed by atoms with Gasteiger partial charge in [-0.25, -0.2) is 4.98 Å². The summed E-state index contributed by atoms with van der Waals surface area (Å²) in [5.41, 5.74) is 7.15. The number of rotatable bonds is 4. The summed E-state index contributed by atoms with van der Waals surface area (Å²) in [6.07, 6.45) is 2.71. The van der Waals surface area contributed by atoms with Gasteiger partial charge in [0.05, 0.1) is 0 Å². The van der Waals surface area contributed by atoms with Crippen LogP contribution < -0.4 is 5.73 Å². The molecule has 0 fully saturated rings. The second kappa shape index (κ2) is 6.00. The van der Waals surface area contributed by atoms with Crippen molar-refractivity contribution in [2.45, 2.75) is 28.6 Å². The Balaban J connectivity index is 2.25. The Kier molecular flexibility index (Phi) is 4.62. The first kappa shape index (κ1) is 13.1. The van der Waals surface area contributed by atoms with Crippen molar-refractivity contribution in [2.24, 2.45) is 5.73 Å². The van der Waals surface area contributed by atoms with Gasteiger partial charge in [0.2, 0.25) is 0 Å². The minimum Gasteiger partial charge on any atom is -0.328 e. The van der Waals surface area contributed by atoms with Crippen LogP contribution >= 0.6 is 39.0 Å². The third-order valence-electron chi connectivity index (χ3n) is 2.17. The summed E-state index contributed by atoms with van der Waals surface area (Å²) in [6.45, 7) is 2.03. The molecule has 1 aromatic carbocycles. The predicted molar refractivity (Wildman–Crippen MR) is 77.7 cm³/mol. The molecule has 0 radical (unpaired) electrons. The van der Waals surface area contributed by atoms with E-state index in [1.807, 2.05) is 18.5 Å². The lowest BCUT2D eigenvalue weighted by Crippen LogP contribution is -2.18. The van der Waals surface area contributed by atoms with Crippen LogP contribution in [0.15, 0.2) is 43.5 Å². The fourth-order valence-electron chi connectivity index (χ4n) is 1.51. The zero-order valence-electron chi connectivity index (χ0n) is 9.39. The number of hydrogen-bond acceptors (Lipinski definition) is 4. The van der Waals surface area contributed by atoms with Crippen molar-refractivity contribution in [1.82, 2.24) is 4.98 Å². The first-order valence-corrected chi connectivity index (χ1v) is 7.75. The van der Waals surface area contributed by atoms with Crippen LogP contribution in [0.2, 0.25) is 0 Å². The molecular weight excluding hydrogens is 316 g/mol. The van der Waals surface area contributed by atoms with Crippen LogP contribution in [0.25, 0.3) is 0 Å². The Morgan fingerprint density at radius 2 is 2.35 bits per heavy atom. The molecule has 2 rings (SSSR count). The number of thiazole rings is 1. The largest absolute Gasteiger partial charge is 0.328 e. The van der Waals surface area contributed by atoms with Gasteiger partial charge in [0.1, 0.15) is 0 Å². The van der Waals surface area contributed by atoms with Crippen molar-refractivity contribution in [3.05, 3.63) is 39.8 Å². The van der Waals surface area contributed by atoms with E-state index in [1.165, 1.54) is 10.5 Å². The quantitative estimate of drug-likeness (QED) is 0.923. The predicted octanol–water partition coefficient (Wildman–Crippen LogP) is 3.95. The Morgan fingerprint density at radius 3 is 3.00 bits per heavy atom. The van der Waals surface area contributed by atoms with Crippen LogP contribution in [0.4, 0.5) is 0 Å². The molecule has 90 valence electrons. The lowest BCUT2D eigenvalue weighted by Gasteiger charge is -2.10. The SMILES string of the molecule is CC(N)Cc1cc(Br)ccc1Sc1nccs1. The number of hydrogen-bond donors (Lipinski definition) is 1. The average Bonchev–Trinajstić information content (AvgIpc) is 2.74. The Bertz CT molecular complexity index is 483. The highest BCUT2D eigenvalue weighted by molar-refractivity contribution is 9.10. The molecule has 0 aliphatic carbocycles. The van der Waals surface area contributed by atoms with Gasteiger partial charge in [0.15, 0.2) is 4.34 Å². The molecule has 0 amide bonds. The number of nitrogens with two attached hydrogens (primary N) is 1. The van der Waals surface area contributed by atoms with Crippen molar-refractivity contribution < 1.29 is 0 Å². The average molecular weight is 329 g/mol. The van der Waals surface area contributed by atoms with Crippen LogP contribution in [0.3, 0.4) is 0 Å². The lowest BCUT2D eigenvalue weighted by molar-refractivity contribution is 0.729. The van der Waals surface area contributed by atoms with Gasteiger partial charge in [0.25, 0.3) is 0 Å². The van der Waals surface area contributed by atoms with E-state index in [1.54, 1.807) is 23.1 Å². The van der Waals surface area contributed by atoms with E-state index in [0.717, 1.165) is 15.2 Å². The third-order valence-corrected chi connectivity index (χ3v) is 4.67. The van der Waals surface area contributed by atoms with Gasteiger partial charge in [-0.15, -0.1) is 11.3 Å². The van der Waals surface area contributed by atoms with Crippen LogP contribution in [-0.4, -0.2) is 11.0 Å². The standard InChI is InChI=1S/C12H13BrN2S2/c1-8(14)6-9-7-10(13)2-3-11(9)17-12-15-4-5-16-12/h2-5,7-8H,6,14H2,1H3. The highest BCUT2D eigenvalue weighted by atomic mass is 79.9. The van der Waals surface area contributed by atoms with Gasteiger partial charge in [-0.3, -0.25) is 0 Å². The monoisotopic (exact) mass is 328 g/mol. The molecule has 5 heteroatoms. The fourth-order valence-corrected chi connectivity index (χ4v) is 3.62. The van der Waals surface area contributed by atoms with Gasteiger partial charge < -0.3 is 5.73 Å². The molecule has 0 spiro atoms. The molecule has 0 bridgehead atoms. The second-order valence-electron chi connectivity index (χ2n) is 3.83. The summed E-state index contributed by atoms with van der Waals surface area (Å²) < 4.78 is 2.16. The van der Waals surface area contributed by atoms with Crippen molar-refractivity contribution in [3.8, 4) is 0 Å². The summed E-state index contributed by atoms with van der Waals surface area (Å²) in [4.78, 5) is 5.53. The molecule has 0 aliphatic rings. The summed E-state index contributed by atoms with van der Waals surface area (Å²) in [5, 5.41) is 1.99. The Hall–Kier alpha value is -0.360. The molecule has 1 unspecified atom stereocenters. The van der Waals surface area contributed by atoms with Gasteiger partial charge in [0, 0.05) is 27.0 Å². The van der Waals surface area contributed by atoms with Crippen molar-refractivity contribution in [1.29, 1.82) is 0 Å². The minimum atomic E-state index is 0.167. The van der Waals surface area contributed by atoms with Crippen LogP contribution in [0.5, 0.6) is 0 Å². The summed E-state index contributed by atoms with van der Waals surface area (Å²) in [5.74, 6) is 0. The Morgan fingerprint density at radius 1 is 1.53 bits per heavy atom. The van der Waals surface area contributed by atoms with Crippen LogP contribution in [0.1, 0.15) is 12.5 Å². The molecule has 2 N–H and O–H groups in total. The molecule has 1 atom stereocenters. The van der Waals surface area contributed by atoms with E-state index >= 15 is 0 Å². The maximum absolute atomic E-state index is 5.88. The van der Waals surface area contributed by atoms with E-state index in [-0.39, 0.29) is 6.04 Å². The van der Waals surface area contributed by atoms with Crippen molar-refractivity contribution >= 4 is 39.0 Å². The summed E-state index contributed by atoms with van der Waals surface area (Å²) >= 11 is 6.86. The molecule has 0 saturated heterocycles.